The summed E-state index contributed by atoms with van der Waals surface area (Å²) in [6.45, 7) is 4.27. The number of rotatable bonds is 49. The van der Waals surface area contributed by atoms with E-state index >= 15 is 0 Å². The number of unbranched alkanes of at least 4 members (excludes halogenated alkanes) is 36. The zero-order chi connectivity index (χ0) is 43.5. The molecule has 4 heteroatoms. The lowest BCUT2D eigenvalue weighted by Gasteiger charge is -2.19. The number of aliphatic hydroxyl groups is 2. The topological polar surface area (TPSA) is 69.6 Å². The van der Waals surface area contributed by atoms with Gasteiger partial charge in [0.2, 0.25) is 5.91 Å². The number of amides is 1. The van der Waals surface area contributed by atoms with Gasteiger partial charge < -0.3 is 15.5 Å². The first-order valence-corrected chi connectivity index (χ1v) is 26.9. The van der Waals surface area contributed by atoms with Gasteiger partial charge in [-0.15, -0.1) is 0 Å². The monoisotopic (exact) mass is 840 g/mol. The van der Waals surface area contributed by atoms with E-state index in [0.29, 0.717) is 6.42 Å². The first-order chi connectivity index (χ1) is 29.7. The average molecular weight is 840 g/mol. The van der Waals surface area contributed by atoms with E-state index in [0.717, 1.165) is 38.5 Å². The quantitative estimate of drug-likeness (QED) is 0.0422. The maximum absolute atomic E-state index is 12.4. The van der Waals surface area contributed by atoms with Crippen molar-refractivity contribution in [3.8, 4) is 0 Å². The number of aliphatic hydroxyl groups excluding tert-OH is 2. The van der Waals surface area contributed by atoms with Crippen LogP contribution in [-0.2, 0) is 4.79 Å². The summed E-state index contributed by atoms with van der Waals surface area (Å²) in [4.78, 5) is 12.4. The van der Waals surface area contributed by atoms with Crippen LogP contribution < -0.4 is 5.32 Å². The summed E-state index contributed by atoms with van der Waals surface area (Å²) in [5.74, 6) is -0.0763. The van der Waals surface area contributed by atoms with E-state index in [9.17, 15) is 15.0 Å². The molecule has 0 saturated carbocycles. The number of carbonyl (C=O) groups is 1. The van der Waals surface area contributed by atoms with Crippen LogP contribution in [-0.4, -0.2) is 34.9 Å². The number of hydrogen-bond acceptors (Lipinski definition) is 3. The van der Waals surface area contributed by atoms with E-state index in [-0.39, 0.29) is 12.5 Å². The lowest BCUT2D eigenvalue weighted by atomic mass is 10.0. The molecule has 2 atom stereocenters. The smallest absolute Gasteiger partial charge is 0.220 e. The maximum atomic E-state index is 12.4. The molecule has 3 N–H and O–H groups in total. The van der Waals surface area contributed by atoms with Crippen molar-refractivity contribution in [3.05, 3.63) is 48.6 Å². The minimum absolute atomic E-state index is 0.0763. The van der Waals surface area contributed by atoms with Gasteiger partial charge in [-0.3, -0.25) is 4.79 Å². The van der Waals surface area contributed by atoms with Gasteiger partial charge in [-0.05, 0) is 70.6 Å². The molecule has 4 nitrogen and oxygen atoms in total. The molecule has 0 aliphatic carbocycles. The summed E-state index contributed by atoms with van der Waals surface area (Å²) in [5.41, 5.74) is 0. The predicted molar refractivity (Wildman–Crippen MR) is 267 cm³/mol. The van der Waals surface area contributed by atoms with E-state index < -0.39 is 12.1 Å². The van der Waals surface area contributed by atoms with Gasteiger partial charge in [-0.1, -0.05) is 255 Å². The van der Waals surface area contributed by atoms with Crippen molar-refractivity contribution in [2.24, 2.45) is 0 Å². The number of allylic oxidation sites excluding steroid dienone is 7. The van der Waals surface area contributed by atoms with Crippen LogP contribution in [0.5, 0.6) is 0 Å². The molecule has 0 bridgehead atoms. The van der Waals surface area contributed by atoms with Gasteiger partial charge in [0.05, 0.1) is 18.8 Å². The van der Waals surface area contributed by atoms with Crippen molar-refractivity contribution >= 4 is 5.91 Å². The molecule has 0 aliphatic rings. The van der Waals surface area contributed by atoms with Gasteiger partial charge in [0.25, 0.3) is 0 Å². The van der Waals surface area contributed by atoms with E-state index in [4.69, 9.17) is 0 Å². The maximum Gasteiger partial charge on any atom is 0.220 e. The second kappa shape index (κ2) is 51.7. The zero-order valence-electron chi connectivity index (χ0n) is 40.5. The van der Waals surface area contributed by atoms with Crippen molar-refractivity contribution in [1.29, 1.82) is 0 Å². The SMILES string of the molecule is CCCCC/C=C/CC/C=C/CC/C=C/C(O)C(CO)NC(=O)CCCCCCCCCCCCCCCCCCC/C=C\CCCCCCCCCCCCCCCC. The van der Waals surface area contributed by atoms with E-state index in [1.54, 1.807) is 6.08 Å². The fourth-order valence-electron chi connectivity index (χ4n) is 8.15. The Labute approximate surface area is 375 Å². The molecule has 0 rings (SSSR count). The van der Waals surface area contributed by atoms with Crippen molar-refractivity contribution in [2.75, 3.05) is 6.61 Å². The van der Waals surface area contributed by atoms with Crippen LogP contribution in [0, 0.1) is 0 Å². The van der Waals surface area contributed by atoms with Gasteiger partial charge in [0, 0.05) is 6.42 Å². The Kier molecular flexibility index (Phi) is 50.3. The van der Waals surface area contributed by atoms with Crippen molar-refractivity contribution in [2.45, 2.75) is 296 Å². The Hall–Kier alpha value is -1.65. The average Bonchev–Trinajstić information content (AvgIpc) is 3.25. The van der Waals surface area contributed by atoms with E-state index in [2.05, 4.69) is 55.6 Å². The molecule has 0 aromatic heterocycles. The molecule has 0 spiro atoms. The third-order valence-electron chi connectivity index (χ3n) is 12.3. The number of carbonyl (C=O) groups excluding carboxylic acids is 1. The van der Waals surface area contributed by atoms with Gasteiger partial charge >= 0.3 is 0 Å². The van der Waals surface area contributed by atoms with Crippen LogP contribution in [0.2, 0.25) is 0 Å². The highest BCUT2D eigenvalue weighted by molar-refractivity contribution is 5.76. The molecule has 0 aromatic rings. The summed E-state index contributed by atoms with van der Waals surface area (Å²) in [5, 5.41) is 23.0. The number of nitrogens with one attached hydrogen (secondary N) is 1. The standard InChI is InChI=1S/C56H105NO3/c1-3-5-7-9-11-13-15-17-18-19-20-21-22-23-24-25-26-27-28-29-30-31-32-33-34-35-36-37-38-40-42-44-46-48-50-52-56(60)57-54(53-58)55(59)51-49-47-45-43-41-39-16-14-12-10-8-6-4-2/h12,14,25-26,41,43,49,51,54-55,58-59H,3-11,13,15-24,27-40,42,44-48,50,52-53H2,1-2H3,(H,57,60)/b14-12+,26-25-,43-41+,51-49+. The molecule has 0 heterocycles. The minimum atomic E-state index is -0.869. The molecule has 2 unspecified atom stereocenters. The Bertz CT molecular complexity index is 954. The summed E-state index contributed by atoms with van der Waals surface area (Å²) in [6.07, 6.45) is 71.4. The normalized spacial score (nSPS) is 13.2. The zero-order valence-corrected chi connectivity index (χ0v) is 40.5. The van der Waals surface area contributed by atoms with E-state index in [1.165, 1.54) is 225 Å². The Morgan fingerprint density at radius 3 is 1.00 bits per heavy atom. The summed E-state index contributed by atoms with van der Waals surface area (Å²) < 4.78 is 0. The Balaban J connectivity index is 3.43. The molecule has 0 aromatic carbocycles. The Morgan fingerprint density at radius 1 is 0.383 bits per heavy atom. The van der Waals surface area contributed by atoms with Crippen molar-refractivity contribution in [3.63, 3.8) is 0 Å². The molecule has 0 saturated heterocycles. The highest BCUT2D eigenvalue weighted by Gasteiger charge is 2.17. The van der Waals surface area contributed by atoms with Gasteiger partial charge in [-0.25, -0.2) is 0 Å². The molecule has 60 heavy (non-hydrogen) atoms. The van der Waals surface area contributed by atoms with Crippen LogP contribution in [0.1, 0.15) is 284 Å². The summed E-state index contributed by atoms with van der Waals surface area (Å²) in [6, 6.07) is -0.644. The lowest BCUT2D eigenvalue weighted by molar-refractivity contribution is -0.123. The van der Waals surface area contributed by atoms with Crippen LogP contribution in [0.25, 0.3) is 0 Å². The molecular weight excluding hydrogens is 735 g/mol. The van der Waals surface area contributed by atoms with Gasteiger partial charge in [0.1, 0.15) is 0 Å². The van der Waals surface area contributed by atoms with Crippen LogP contribution >= 0.6 is 0 Å². The molecular formula is C56H105NO3. The molecule has 1 amide bonds. The fourth-order valence-corrected chi connectivity index (χ4v) is 8.15. The second-order valence-corrected chi connectivity index (χ2v) is 18.3. The third kappa shape index (κ3) is 47.4. The molecule has 0 radical (unpaired) electrons. The second-order valence-electron chi connectivity index (χ2n) is 18.3. The highest BCUT2D eigenvalue weighted by atomic mass is 16.3. The van der Waals surface area contributed by atoms with Crippen molar-refractivity contribution < 1.29 is 15.0 Å². The minimum Gasteiger partial charge on any atom is -0.394 e. The molecule has 0 fully saturated rings. The summed E-state index contributed by atoms with van der Waals surface area (Å²) in [7, 11) is 0. The first kappa shape index (κ1) is 58.4. The van der Waals surface area contributed by atoms with Crippen molar-refractivity contribution in [1.82, 2.24) is 5.32 Å². The lowest BCUT2D eigenvalue weighted by Crippen LogP contribution is -2.45. The Morgan fingerprint density at radius 2 is 0.650 bits per heavy atom. The van der Waals surface area contributed by atoms with Crippen LogP contribution in [0.15, 0.2) is 48.6 Å². The molecule has 0 aliphatic heterocycles. The van der Waals surface area contributed by atoms with E-state index in [1.807, 2.05) is 6.08 Å². The van der Waals surface area contributed by atoms with Gasteiger partial charge in [0.15, 0.2) is 0 Å². The van der Waals surface area contributed by atoms with Gasteiger partial charge in [-0.2, -0.15) is 0 Å². The fraction of sp³-hybridized carbons (Fsp3) is 0.839. The van der Waals surface area contributed by atoms with Crippen LogP contribution in [0.3, 0.4) is 0 Å². The largest absolute Gasteiger partial charge is 0.394 e. The third-order valence-corrected chi connectivity index (χ3v) is 12.3. The highest BCUT2D eigenvalue weighted by Crippen LogP contribution is 2.16. The molecule has 352 valence electrons. The first-order valence-electron chi connectivity index (χ1n) is 26.9. The summed E-state index contributed by atoms with van der Waals surface area (Å²) >= 11 is 0. The van der Waals surface area contributed by atoms with Crippen LogP contribution in [0.4, 0.5) is 0 Å². The predicted octanol–water partition coefficient (Wildman–Crippen LogP) is 17.5. The number of hydrogen-bond donors (Lipinski definition) is 3.